The van der Waals surface area contributed by atoms with Crippen LogP contribution in [-0.2, 0) is 19.5 Å². The standard InChI is InChI=1S/C19H27N7O/c1-22-8-9-24(19(22)27)18-11-20-26(14-18)17-5-7-23(13-17)12-15-10-16-4-2-3-6-25(16)21-15/h10-11,14,17H,2-9,12-13H2,1H3. The molecule has 8 nitrogen and oxygen atoms in total. The number of amides is 2. The fourth-order valence-electron chi connectivity index (χ4n) is 4.51. The normalized spacial score (nSPS) is 23.4. The van der Waals surface area contributed by atoms with Crippen molar-refractivity contribution in [3.63, 3.8) is 0 Å². The van der Waals surface area contributed by atoms with Crippen LogP contribution < -0.4 is 4.90 Å². The van der Waals surface area contributed by atoms with Crippen molar-refractivity contribution in [3.05, 3.63) is 29.8 Å². The van der Waals surface area contributed by atoms with Gasteiger partial charge in [-0.05, 0) is 31.7 Å². The van der Waals surface area contributed by atoms with E-state index in [1.807, 2.05) is 29.0 Å². The summed E-state index contributed by atoms with van der Waals surface area (Å²) in [4.78, 5) is 18.2. The molecule has 5 heterocycles. The van der Waals surface area contributed by atoms with Gasteiger partial charge in [0.05, 0.1) is 23.6 Å². The van der Waals surface area contributed by atoms with Gasteiger partial charge in [-0.15, -0.1) is 0 Å². The summed E-state index contributed by atoms with van der Waals surface area (Å²) in [6, 6.07) is 2.71. The fourth-order valence-corrected chi connectivity index (χ4v) is 4.51. The lowest BCUT2D eigenvalue weighted by Crippen LogP contribution is -2.28. The van der Waals surface area contributed by atoms with Crippen molar-refractivity contribution >= 4 is 11.7 Å². The Morgan fingerprint density at radius 3 is 2.93 bits per heavy atom. The van der Waals surface area contributed by atoms with Crippen LogP contribution in [0.4, 0.5) is 10.5 Å². The maximum Gasteiger partial charge on any atom is 0.324 e. The number of rotatable bonds is 4. The number of hydrogen-bond acceptors (Lipinski definition) is 4. The molecule has 8 heteroatoms. The van der Waals surface area contributed by atoms with Crippen LogP contribution in [0, 0.1) is 0 Å². The van der Waals surface area contributed by atoms with Crippen LogP contribution in [0.5, 0.6) is 0 Å². The van der Waals surface area contributed by atoms with Crippen LogP contribution in [0.1, 0.15) is 36.7 Å². The average Bonchev–Trinajstić information content (AvgIpc) is 3.43. The van der Waals surface area contributed by atoms with Gasteiger partial charge in [0.15, 0.2) is 0 Å². The van der Waals surface area contributed by atoms with E-state index in [0.29, 0.717) is 6.04 Å². The highest BCUT2D eigenvalue weighted by molar-refractivity contribution is 5.93. The first-order valence-electron chi connectivity index (χ1n) is 10.0. The highest BCUT2D eigenvalue weighted by Gasteiger charge is 2.30. The maximum atomic E-state index is 12.2. The van der Waals surface area contributed by atoms with Gasteiger partial charge in [0, 0.05) is 58.2 Å². The highest BCUT2D eigenvalue weighted by atomic mass is 16.2. The molecule has 0 aliphatic carbocycles. The Bertz CT molecular complexity index is 817. The van der Waals surface area contributed by atoms with E-state index >= 15 is 0 Å². The molecule has 0 N–H and O–H groups in total. The SMILES string of the molecule is CN1CCN(c2cnn(C3CCN(Cc4cc5n(n4)CCCC5)C3)c2)C1=O. The molecule has 2 aromatic rings. The predicted octanol–water partition coefficient (Wildman–Crippen LogP) is 1.73. The van der Waals surface area contributed by atoms with Crippen LogP contribution in [-0.4, -0.2) is 68.6 Å². The molecule has 0 aromatic carbocycles. The molecular weight excluding hydrogens is 342 g/mol. The third kappa shape index (κ3) is 3.12. The van der Waals surface area contributed by atoms with Gasteiger partial charge in [0.1, 0.15) is 0 Å². The third-order valence-corrected chi connectivity index (χ3v) is 6.09. The van der Waals surface area contributed by atoms with Crippen molar-refractivity contribution < 1.29 is 4.79 Å². The number of hydrogen-bond donors (Lipinski definition) is 0. The third-order valence-electron chi connectivity index (χ3n) is 6.09. The van der Waals surface area contributed by atoms with E-state index in [-0.39, 0.29) is 6.03 Å². The zero-order valence-electron chi connectivity index (χ0n) is 15.9. The number of likely N-dealkylation sites (tertiary alicyclic amines) is 1. The molecule has 0 bridgehead atoms. The van der Waals surface area contributed by atoms with Crippen molar-refractivity contribution in [3.8, 4) is 0 Å². The van der Waals surface area contributed by atoms with Crippen molar-refractivity contribution in [2.75, 3.05) is 38.1 Å². The summed E-state index contributed by atoms with van der Waals surface area (Å²) < 4.78 is 4.23. The minimum absolute atomic E-state index is 0.0614. The molecule has 144 valence electrons. The molecule has 0 saturated carbocycles. The van der Waals surface area contributed by atoms with E-state index in [1.54, 1.807) is 4.90 Å². The number of anilines is 1. The quantitative estimate of drug-likeness (QED) is 0.824. The maximum absolute atomic E-state index is 12.2. The molecule has 2 fully saturated rings. The molecule has 3 aliphatic rings. The summed E-state index contributed by atoms with van der Waals surface area (Å²) in [6.45, 7) is 5.54. The summed E-state index contributed by atoms with van der Waals surface area (Å²) in [5, 5.41) is 9.34. The van der Waals surface area contributed by atoms with Crippen LogP contribution in [0.3, 0.4) is 0 Å². The van der Waals surface area contributed by atoms with E-state index < -0.39 is 0 Å². The van der Waals surface area contributed by atoms with E-state index in [9.17, 15) is 4.79 Å². The minimum atomic E-state index is 0.0614. The highest BCUT2D eigenvalue weighted by Crippen LogP contribution is 2.26. The van der Waals surface area contributed by atoms with Gasteiger partial charge in [-0.25, -0.2) is 4.79 Å². The molecule has 2 saturated heterocycles. The van der Waals surface area contributed by atoms with Gasteiger partial charge in [0.2, 0.25) is 0 Å². The Labute approximate surface area is 159 Å². The second-order valence-electron chi connectivity index (χ2n) is 8.02. The van der Waals surface area contributed by atoms with E-state index in [4.69, 9.17) is 5.10 Å². The Morgan fingerprint density at radius 2 is 2.11 bits per heavy atom. The number of carbonyl (C=O) groups is 1. The van der Waals surface area contributed by atoms with Gasteiger partial charge >= 0.3 is 6.03 Å². The topological polar surface area (TPSA) is 62.4 Å². The molecule has 2 amide bonds. The molecule has 1 atom stereocenters. The number of nitrogens with zero attached hydrogens (tertiary/aromatic N) is 7. The smallest absolute Gasteiger partial charge is 0.324 e. The average molecular weight is 369 g/mol. The second kappa shape index (κ2) is 6.67. The molecule has 2 aromatic heterocycles. The lowest BCUT2D eigenvalue weighted by molar-refractivity contribution is 0.229. The van der Waals surface area contributed by atoms with Gasteiger partial charge in [-0.3, -0.25) is 19.2 Å². The van der Waals surface area contributed by atoms with E-state index in [0.717, 1.165) is 57.8 Å². The van der Waals surface area contributed by atoms with E-state index in [2.05, 4.69) is 20.7 Å². The first-order chi connectivity index (χ1) is 13.2. The molecule has 3 aliphatic heterocycles. The molecule has 27 heavy (non-hydrogen) atoms. The minimum Gasteiger partial charge on any atom is -0.326 e. The largest absolute Gasteiger partial charge is 0.326 e. The number of aryl methyl sites for hydroxylation is 2. The molecular formula is C19H27N7O. The van der Waals surface area contributed by atoms with E-state index in [1.165, 1.54) is 24.2 Å². The Balaban J connectivity index is 1.22. The first-order valence-corrected chi connectivity index (χ1v) is 10.0. The first kappa shape index (κ1) is 16.8. The Hall–Kier alpha value is -2.35. The predicted molar refractivity (Wildman–Crippen MR) is 102 cm³/mol. The van der Waals surface area contributed by atoms with Crippen LogP contribution >= 0.6 is 0 Å². The Morgan fingerprint density at radius 1 is 1.19 bits per heavy atom. The Kier molecular flexibility index (Phi) is 4.15. The number of urea groups is 1. The molecule has 0 radical (unpaired) electrons. The summed E-state index contributed by atoms with van der Waals surface area (Å²) in [5.41, 5.74) is 3.49. The van der Waals surface area contributed by atoms with Crippen molar-refractivity contribution in [1.82, 2.24) is 29.4 Å². The zero-order valence-corrected chi connectivity index (χ0v) is 15.9. The number of fused-ring (bicyclic) bond motifs is 1. The van der Waals surface area contributed by atoms with Gasteiger partial charge in [-0.1, -0.05) is 0 Å². The monoisotopic (exact) mass is 369 g/mol. The number of carbonyl (C=O) groups excluding carboxylic acids is 1. The zero-order chi connectivity index (χ0) is 18.4. The number of likely N-dealkylation sites (N-methyl/N-ethyl adjacent to an activating group) is 1. The molecule has 0 spiro atoms. The van der Waals surface area contributed by atoms with Crippen molar-refractivity contribution in [2.24, 2.45) is 0 Å². The second-order valence-corrected chi connectivity index (χ2v) is 8.02. The van der Waals surface area contributed by atoms with Crippen LogP contribution in [0.15, 0.2) is 18.5 Å². The van der Waals surface area contributed by atoms with Crippen LogP contribution in [0.2, 0.25) is 0 Å². The summed E-state index contributed by atoms with van der Waals surface area (Å²) in [6.07, 6.45) is 8.63. The number of aromatic nitrogens is 4. The summed E-state index contributed by atoms with van der Waals surface area (Å²) in [7, 11) is 1.84. The lowest BCUT2D eigenvalue weighted by atomic mass is 10.1. The van der Waals surface area contributed by atoms with Crippen molar-refractivity contribution in [1.29, 1.82) is 0 Å². The van der Waals surface area contributed by atoms with Crippen molar-refractivity contribution in [2.45, 2.75) is 44.8 Å². The molecule has 5 rings (SSSR count). The van der Waals surface area contributed by atoms with Gasteiger partial charge < -0.3 is 4.90 Å². The van der Waals surface area contributed by atoms with Gasteiger partial charge in [-0.2, -0.15) is 10.2 Å². The lowest BCUT2D eigenvalue weighted by Gasteiger charge is -2.15. The molecule has 1 unspecified atom stereocenters. The van der Waals surface area contributed by atoms with Crippen LogP contribution in [0.25, 0.3) is 0 Å². The fraction of sp³-hybridized carbons (Fsp3) is 0.632. The summed E-state index contributed by atoms with van der Waals surface area (Å²) >= 11 is 0. The summed E-state index contributed by atoms with van der Waals surface area (Å²) in [5.74, 6) is 0. The van der Waals surface area contributed by atoms with Gasteiger partial charge in [0.25, 0.3) is 0 Å².